The quantitative estimate of drug-likeness (QED) is 0.818. The zero-order valence-corrected chi connectivity index (χ0v) is 9.45. The molecule has 1 fully saturated rings. The Bertz CT molecular complexity index is 278. The van der Waals surface area contributed by atoms with Crippen LogP contribution in [0.25, 0.3) is 0 Å². The van der Waals surface area contributed by atoms with E-state index in [2.05, 4.69) is 29.4 Å². The summed E-state index contributed by atoms with van der Waals surface area (Å²) in [5.41, 5.74) is 1.16. The fourth-order valence-electron chi connectivity index (χ4n) is 2.34. The van der Waals surface area contributed by atoms with Crippen LogP contribution in [0.1, 0.15) is 50.8 Å². The molecule has 2 rings (SSSR count). The zero-order chi connectivity index (χ0) is 10.5. The van der Waals surface area contributed by atoms with E-state index in [1.54, 1.807) is 0 Å². The first-order chi connectivity index (χ1) is 7.36. The number of rotatable bonds is 3. The van der Waals surface area contributed by atoms with E-state index < -0.39 is 0 Å². The van der Waals surface area contributed by atoms with Gasteiger partial charge in [-0.1, -0.05) is 25.3 Å². The third-order valence-electron chi connectivity index (χ3n) is 3.22. The lowest BCUT2D eigenvalue weighted by Crippen LogP contribution is -2.33. The lowest BCUT2D eigenvalue weighted by atomic mass is 9.95. The van der Waals surface area contributed by atoms with Crippen LogP contribution in [0.5, 0.6) is 0 Å². The maximum atomic E-state index is 4.38. The standard InChI is InChI=1S/C13H20N2/c1-11(13-9-5-6-10-14-13)15-12-7-3-2-4-8-12/h5-6,9-12,15H,2-4,7-8H2,1H3. The Morgan fingerprint density at radius 2 is 2.07 bits per heavy atom. The Kier molecular flexibility index (Phi) is 3.73. The van der Waals surface area contributed by atoms with Crippen LogP contribution >= 0.6 is 0 Å². The van der Waals surface area contributed by atoms with E-state index in [4.69, 9.17) is 0 Å². The highest BCUT2D eigenvalue weighted by Crippen LogP contribution is 2.20. The molecule has 2 heteroatoms. The van der Waals surface area contributed by atoms with Crippen molar-refractivity contribution in [2.24, 2.45) is 0 Å². The van der Waals surface area contributed by atoms with E-state index in [0.29, 0.717) is 12.1 Å². The van der Waals surface area contributed by atoms with Gasteiger partial charge in [-0.05, 0) is 31.9 Å². The van der Waals surface area contributed by atoms with Crippen LogP contribution in [0.15, 0.2) is 24.4 Å². The second kappa shape index (κ2) is 5.26. The van der Waals surface area contributed by atoms with Gasteiger partial charge in [0.2, 0.25) is 0 Å². The Balaban J connectivity index is 1.88. The second-order valence-electron chi connectivity index (χ2n) is 4.48. The van der Waals surface area contributed by atoms with E-state index in [9.17, 15) is 0 Å². The molecule has 0 radical (unpaired) electrons. The highest BCUT2D eigenvalue weighted by atomic mass is 15.0. The van der Waals surface area contributed by atoms with Gasteiger partial charge in [-0.2, -0.15) is 0 Å². The molecule has 0 spiro atoms. The Morgan fingerprint density at radius 3 is 2.73 bits per heavy atom. The van der Waals surface area contributed by atoms with Crippen molar-refractivity contribution in [3.05, 3.63) is 30.1 Å². The van der Waals surface area contributed by atoms with Gasteiger partial charge in [-0.25, -0.2) is 0 Å². The summed E-state index contributed by atoms with van der Waals surface area (Å²) in [6.07, 6.45) is 8.71. The normalized spacial score (nSPS) is 20.1. The van der Waals surface area contributed by atoms with Crippen molar-refractivity contribution >= 4 is 0 Å². The minimum Gasteiger partial charge on any atom is -0.306 e. The van der Waals surface area contributed by atoms with Gasteiger partial charge >= 0.3 is 0 Å². The molecule has 1 atom stereocenters. The van der Waals surface area contributed by atoms with Gasteiger partial charge in [-0.3, -0.25) is 4.98 Å². The van der Waals surface area contributed by atoms with E-state index in [-0.39, 0.29) is 0 Å². The molecule has 82 valence electrons. The van der Waals surface area contributed by atoms with E-state index in [1.807, 2.05) is 12.3 Å². The van der Waals surface area contributed by atoms with E-state index in [1.165, 1.54) is 32.1 Å². The number of hydrogen-bond acceptors (Lipinski definition) is 2. The molecular formula is C13H20N2. The molecule has 1 aromatic rings. The number of hydrogen-bond donors (Lipinski definition) is 1. The van der Waals surface area contributed by atoms with Gasteiger partial charge in [-0.15, -0.1) is 0 Å². The molecule has 0 aromatic carbocycles. The summed E-state index contributed by atoms with van der Waals surface area (Å²) >= 11 is 0. The fourth-order valence-corrected chi connectivity index (χ4v) is 2.34. The van der Waals surface area contributed by atoms with E-state index >= 15 is 0 Å². The molecule has 2 nitrogen and oxygen atoms in total. The predicted molar refractivity (Wildman–Crippen MR) is 62.7 cm³/mol. The Morgan fingerprint density at radius 1 is 1.27 bits per heavy atom. The number of pyridine rings is 1. The molecule has 15 heavy (non-hydrogen) atoms. The maximum absolute atomic E-state index is 4.38. The largest absolute Gasteiger partial charge is 0.306 e. The van der Waals surface area contributed by atoms with Crippen molar-refractivity contribution in [3.63, 3.8) is 0 Å². The van der Waals surface area contributed by atoms with E-state index in [0.717, 1.165) is 5.69 Å². The predicted octanol–water partition coefficient (Wildman–Crippen LogP) is 3.06. The lowest BCUT2D eigenvalue weighted by Gasteiger charge is -2.26. The van der Waals surface area contributed by atoms with Crippen molar-refractivity contribution in [3.8, 4) is 0 Å². The van der Waals surface area contributed by atoms with Crippen LogP contribution in [0, 0.1) is 0 Å². The molecule has 0 bridgehead atoms. The van der Waals surface area contributed by atoms with Gasteiger partial charge in [0, 0.05) is 18.3 Å². The van der Waals surface area contributed by atoms with Gasteiger partial charge < -0.3 is 5.32 Å². The SMILES string of the molecule is CC(NC1CCCCC1)c1ccccn1. The van der Waals surface area contributed by atoms with Gasteiger partial charge in [0.1, 0.15) is 0 Å². The lowest BCUT2D eigenvalue weighted by molar-refractivity contribution is 0.344. The summed E-state index contributed by atoms with van der Waals surface area (Å²) in [5, 5.41) is 3.67. The minimum absolute atomic E-state index is 0.384. The molecule has 1 aliphatic carbocycles. The van der Waals surface area contributed by atoms with Crippen molar-refractivity contribution in [2.75, 3.05) is 0 Å². The number of nitrogens with one attached hydrogen (secondary N) is 1. The Labute approximate surface area is 92.1 Å². The topological polar surface area (TPSA) is 24.9 Å². The molecule has 1 aromatic heterocycles. The summed E-state index contributed by atoms with van der Waals surface area (Å²) < 4.78 is 0. The average molecular weight is 204 g/mol. The fraction of sp³-hybridized carbons (Fsp3) is 0.615. The number of aromatic nitrogens is 1. The monoisotopic (exact) mass is 204 g/mol. The van der Waals surface area contributed by atoms with Crippen molar-refractivity contribution < 1.29 is 0 Å². The molecule has 0 amide bonds. The summed E-state index contributed by atoms with van der Waals surface area (Å²) in [6, 6.07) is 7.21. The van der Waals surface area contributed by atoms with Gasteiger partial charge in [0.15, 0.2) is 0 Å². The Hall–Kier alpha value is -0.890. The van der Waals surface area contributed by atoms with Crippen molar-refractivity contribution in [1.82, 2.24) is 10.3 Å². The summed E-state index contributed by atoms with van der Waals surface area (Å²) in [6.45, 7) is 2.21. The molecule has 0 saturated heterocycles. The van der Waals surface area contributed by atoms with Crippen LogP contribution < -0.4 is 5.32 Å². The molecular weight excluding hydrogens is 184 g/mol. The molecule has 1 unspecified atom stereocenters. The van der Waals surface area contributed by atoms with Crippen LogP contribution in [0.4, 0.5) is 0 Å². The smallest absolute Gasteiger partial charge is 0.0570 e. The average Bonchev–Trinajstić information content (AvgIpc) is 2.31. The van der Waals surface area contributed by atoms with Crippen LogP contribution in [-0.4, -0.2) is 11.0 Å². The molecule has 0 aliphatic heterocycles. The first kappa shape index (κ1) is 10.6. The minimum atomic E-state index is 0.384. The molecule has 1 heterocycles. The first-order valence-electron chi connectivity index (χ1n) is 6.03. The van der Waals surface area contributed by atoms with Gasteiger partial charge in [0.05, 0.1) is 5.69 Å². The first-order valence-corrected chi connectivity index (χ1v) is 6.03. The maximum Gasteiger partial charge on any atom is 0.0570 e. The summed E-state index contributed by atoms with van der Waals surface area (Å²) in [4.78, 5) is 4.38. The van der Waals surface area contributed by atoms with Crippen molar-refractivity contribution in [2.45, 2.75) is 51.1 Å². The second-order valence-corrected chi connectivity index (χ2v) is 4.48. The van der Waals surface area contributed by atoms with Crippen LogP contribution in [0.3, 0.4) is 0 Å². The molecule has 1 saturated carbocycles. The number of nitrogens with zero attached hydrogens (tertiary/aromatic N) is 1. The van der Waals surface area contributed by atoms with Crippen LogP contribution in [0.2, 0.25) is 0 Å². The van der Waals surface area contributed by atoms with Crippen molar-refractivity contribution in [1.29, 1.82) is 0 Å². The third kappa shape index (κ3) is 3.03. The molecule has 1 aliphatic rings. The summed E-state index contributed by atoms with van der Waals surface area (Å²) in [7, 11) is 0. The molecule has 1 N–H and O–H groups in total. The van der Waals surface area contributed by atoms with Gasteiger partial charge in [0.25, 0.3) is 0 Å². The van der Waals surface area contributed by atoms with Crippen LogP contribution in [-0.2, 0) is 0 Å². The summed E-state index contributed by atoms with van der Waals surface area (Å²) in [5.74, 6) is 0. The highest BCUT2D eigenvalue weighted by molar-refractivity contribution is 5.07. The third-order valence-corrected chi connectivity index (χ3v) is 3.22. The highest BCUT2D eigenvalue weighted by Gasteiger charge is 2.16. The zero-order valence-electron chi connectivity index (χ0n) is 9.45.